The zero-order valence-electron chi connectivity index (χ0n) is 10.8. The summed E-state index contributed by atoms with van der Waals surface area (Å²) in [5.74, 6) is 2.20. The maximum absolute atomic E-state index is 5.44. The summed E-state index contributed by atoms with van der Waals surface area (Å²) in [7, 11) is 1.66. The number of rotatable bonds is 4. The molecule has 0 saturated carbocycles. The standard InChI is InChI=1S/C13H17N3O2/c1-8(2)10-5-4-9(6-11(10)17-3)13-15-12(7-14)18-16-13/h4-6,8H,7,14H2,1-3H3. The zero-order valence-corrected chi connectivity index (χ0v) is 10.8. The summed E-state index contributed by atoms with van der Waals surface area (Å²) in [6, 6.07) is 5.90. The molecule has 2 aromatic rings. The van der Waals surface area contributed by atoms with E-state index >= 15 is 0 Å². The predicted octanol–water partition coefficient (Wildman–Crippen LogP) is 2.33. The average molecular weight is 247 g/mol. The summed E-state index contributed by atoms with van der Waals surface area (Å²) in [4.78, 5) is 4.19. The van der Waals surface area contributed by atoms with Crippen LogP contribution in [0.1, 0.15) is 31.2 Å². The molecule has 2 N–H and O–H groups in total. The van der Waals surface area contributed by atoms with Gasteiger partial charge >= 0.3 is 0 Å². The van der Waals surface area contributed by atoms with Crippen molar-refractivity contribution < 1.29 is 9.26 Å². The molecule has 5 nitrogen and oxygen atoms in total. The van der Waals surface area contributed by atoms with Gasteiger partial charge in [-0.2, -0.15) is 4.98 Å². The first-order chi connectivity index (χ1) is 8.65. The van der Waals surface area contributed by atoms with Gasteiger partial charge in [0.15, 0.2) is 0 Å². The minimum atomic E-state index is 0.244. The maximum atomic E-state index is 5.44. The van der Waals surface area contributed by atoms with E-state index in [1.54, 1.807) is 7.11 Å². The fourth-order valence-corrected chi connectivity index (χ4v) is 1.78. The Morgan fingerprint density at radius 2 is 2.17 bits per heavy atom. The molecular formula is C13H17N3O2. The highest BCUT2D eigenvalue weighted by atomic mass is 16.5. The van der Waals surface area contributed by atoms with Crippen molar-refractivity contribution in [1.29, 1.82) is 0 Å². The summed E-state index contributed by atoms with van der Waals surface area (Å²) >= 11 is 0. The van der Waals surface area contributed by atoms with E-state index in [9.17, 15) is 0 Å². The number of methoxy groups -OCH3 is 1. The molecule has 0 radical (unpaired) electrons. The minimum Gasteiger partial charge on any atom is -0.496 e. The van der Waals surface area contributed by atoms with Gasteiger partial charge in [0.05, 0.1) is 13.7 Å². The van der Waals surface area contributed by atoms with Crippen molar-refractivity contribution in [2.24, 2.45) is 5.73 Å². The van der Waals surface area contributed by atoms with Crippen molar-refractivity contribution in [3.63, 3.8) is 0 Å². The lowest BCUT2D eigenvalue weighted by Crippen LogP contribution is -1.96. The second-order valence-electron chi connectivity index (χ2n) is 4.33. The lowest BCUT2D eigenvalue weighted by atomic mass is 10.00. The lowest BCUT2D eigenvalue weighted by Gasteiger charge is -2.12. The maximum Gasteiger partial charge on any atom is 0.240 e. The van der Waals surface area contributed by atoms with E-state index in [0.717, 1.165) is 16.9 Å². The van der Waals surface area contributed by atoms with Gasteiger partial charge in [0.25, 0.3) is 0 Å². The third-order valence-electron chi connectivity index (χ3n) is 2.76. The van der Waals surface area contributed by atoms with Crippen molar-refractivity contribution in [2.75, 3.05) is 7.11 Å². The molecule has 0 spiro atoms. The first kappa shape index (κ1) is 12.6. The van der Waals surface area contributed by atoms with Crippen LogP contribution in [-0.4, -0.2) is 17.3 Å². The first-order valence-corrected chi connectivity index (χ1v) is 5.86. The van der Waals surface area contributed by atoms with Gasteiger partial charge in [0, 0.05) is 5.56 Å². The Morgan fingerprint density at radius 3 is 2.72 bits per heavy atom. The van der Waals surface area contributed by atoms with Gasteiger partial charge in [0.1, 0.15) is 5.75 Å². The molecule has 0 bridgehead atoms. The monoisotopic (exact) mass is 247 g/mol. The molecule has 1 aromatic heterocycles. The second kappa shape index (κ2) is 5.18. The third kappa shape index (κ3) is 2.36. The molecule has 5 heteroatoms. The molecule has 0 saturated heterocycles. The molecule has 96 valence electrons. The first-order valence-electron chi connectivity index (χ1n) is 5.86. The van der Waals surface area contributed by atoms with E-state index in [4.69, 9.17) is 15.0 Å². The van der Waals surface area contributed by atoms with Gasteiger partial charge in [-0.1, -0.05) is 31.1 Å². The number of hydrogen-bond donors (Lipinski definition) is 1. The van der Waals surface area contributed by atoms with Gasteiger partial charge in [-0.15, -0.1) is 0 Å². The van der Waals surface area contributed by atoms with Crippen LogP contribution in [0.4, 0.5) is 0 Å². The van der Waals surface area contributed by atoms with Crippen LogP contribution in [0, 0.1) is 0 Å². The summed E-state index contributed by atoms with van der Waals surface area (Å²) in [6.07, 6.45) is 0. The highest BCUT2D eigenvalue weighted by Crippen LogP contribution is 2.30. The number of aromatic nitrogens is 2. The molecule has 1 heterocycles. The van der Waals surface area contributed by atoms with Gasteiger partial charge in [0.2, 0.25) is 11.7 Å². The Morgan fingerprint density at radius 1 is 1.39 bits per heavy atom. The average Bonchev–Trinajstić information content (AvgIpc) is 2.86. The normalized spacial score (nSPS) is 10.9. The van der Waals surface area contributed by atoms with Crippen molar-refractivity contribution in [2.45, 2.75) is 26.3 Å². The number of nitrogens with two attached hydrogens (primary N) is 1. The molecule has 0 aliphatic rings. The van der Waals surface area contributed by atoms with Crippen molar-refractivity contribution in [1.82, 2.24) is 10.1 Å². The highest BCUT2D eigenvalue weighted by Gasteiger charge is 2.12. The topological polar surface area (TPSA) is 74.2 Å². The van der Waals surface area contributed by atoms with Crippen LogP contribution in [0.2, 0.25) is 0 Å². The minimum absolute atomic E-state index is 0.244. The van der Waals surface area contributed by atoms with Crippen molar-refractivity contribution >= 4 is 0 Å². The molecular weight excluding hydrogens is 230 g/mol. The van der Waals surface area contributed by atoms with E-state index < -0.39 is 0 Å². The van der Waals surface area contributed by atoms with Crippen molar-refractivity contribution in [3.05, 3.63) is 29.7 Å². The van der Waals surface area contributed by atoms with E-state index in [2.05, 4.69) is 24.0 Å². The molecule has 18 heavy (non-hydrogen) atoms. The van der Waals surface area contributed by atoms with Gasteiger partial charge in [-0.05, 0) is 17.5 Å². The number of hydrogen-bond acceptors (Lipinski definition) is 5. The van der Waals surface area contributed by atoms with Gasteiger partial charge in [-0.3, -0.25) is 0 Å². The third-order valence-corrected chi connectivity index (χ3v) is 2.76. The van der Waals surface area contributed by atoms with Crippen molar-refractivity contribution in [3.8, 4) is 17.1 Å². The van der Waals surface area contributed by atoms with Crippen LogP contribution >= 0.6 is 0 Å². The SMILES string of the molecule is COc1cc(-c2noc(CN)n2)ccc1C(C)C. The van der Waals surface area contributed by atoms with E-state index in [-0.39, 0.29) is 6.54 Å². The second-order valence-corrected chi connectivity index (χ2v) is 4.33. The molecule has 0 amide bonds. The Bertz CT molecular complexity index is 535. The predicted molar refractivity (Wildman–Crippen MR) is 68.3 cm³/mol. The number of nitrogens with zero attached hydrogens (tertiary/aromatic N) is 2. The van der Waals surface area contributed by atoms with Gasteiger partial charge < -0.3 is 15.0 Å². The summed E-state index contributed by atoms with van der Waals surface area (Å²) < 4.78 is 10.4. The molecule has 2 rings (SSSR count). The molecule has 0 aliphatic carbocycles. The van der Waals surface area contributed by atoms with Crippen LogP contribution in [0.3, 0.4) is 0 Å². The summed E-state index contributed by atoms with van der Waals surface area (Å²) in [5.41, 5.74) is 7.46. The molecule has 1 aromatic carbocycles. The van der Waals surface area contributed by atoms with E-state index in [1.165, 1.54) is 0 Å². The summed E-state index contributed by atoms with van der Waals surface area (Å²) in [6.45, 7) is 4.49. The number of benzene rings is 1. The fourth-order valence-electron chi connectivity index (χ4n) is 1.78. The zero-order chi connectivity index (χ0) is 13.1. The molecule has 0 fully saturated rings. The van der Waals surface area contributed by atoms with Crippen LogP contribution in [0.15, 0.2) is 22.7 Å². The van der Waals surface area contributed by atoms with Gasteiger partial charge in [-0.25, -0.2) is 0 Å². The van der Waals surface area contributed by atoms with Crippen LogP contribution in [0.5, 0.6) is 5.75 Å². The Labute approximate surface area is 106 Å². The Balaban J connectivity index is 2.40. The quantitative estimate of drug-likeness (QED) is 0.897. The summed E-state index contributed by atoms with van der Waals surface area (Å²) in [5, 5.41) is 3.89. The molecule has 0 atom stereocenters. The molecule has 0 unspecified atom stereocenters. The highest BCUT2D eigenvalue weighted by molar-refractivity contribution is 5.59. The Kier molecular flexibility index (Phi) is 3.62. The Hall–Kier alpha value is -1.88. The number of ether oxygens (including phenoxy) is 1. The fraction of sp³-hybridized carbons (Fsp3) is 0.385. The van der Waals surface area contributed by atoms with Crippen LogP contribution in [-0.2, 0) is 6.54 Å². The smallest absolute Gasteiger partial charge is 0.240 e. The van der Waals surface area contributed by atoms with E-state index in [1.807, 2.05) is 18.2 Å². The molecule has 0 aliphatic heterocycles. The largest absolute Gasteiger partial charge is 0.496 e. The lowest BCUT2D eigenvalue weighted by molar-refractivity contribution is 0.380. The van der Waals surface area contributed by atoms with Crippen LogP contribution in [0.25, 0.3) is 11.4 Å². The van der Waals surface area contributed by atoms with Crippen LogP contribution < -0.4 is 10.5 Å². The van der Waals surface area contributed by atoms with E-state index in [0.29, 0.717) is 17.6 Å².